The van der Waals surface area contributed by atoms with Crippen LogP contribution in [0.15, 0.2) is 5.10 Å². The molecule has 2 rings (SSSR count). The number of carbonyl (C=O) groups excluding carboxylic acids is 1. The Morgan fingerprint density at radius 2 is 2.00 bits per heavy atom. The third-order valence-electron chi connectivity index (χ3n) is 3.29. The van der Waals surface area contributed by atoms with Crippen LogP contribution in [0.1, 0.15) is 22.6 Å². The summed E-state index contributed by atoms with van der Waals surface area (Å²) in [7, 11) is 1.45. The minimum Gasteiger partial charge on any atom is -0.364 e. The van der Waals surface area contributed by atoms with Gasteiger partial charge in [0.25, 0.3) is 18.8 Å². The van der Waals surface area contributed by atoms with Crippen LogP contribution in [0.4, 0.5) is 17.6 Å². The summed E-state index contributed by atoms with van der Waals surface area (Å²) >= 11 is 5.86. The number of aromatic nitrogens is 2. The lowest BCUT2D eigenvalue weighted by atomic mass is 10.1. The van der Waals surface area contributed by atoms with Gasteiger partial charge in [-0.1, -0.05) is 11.6 Å². The lowest BCUT2D eigenvalue weighted by Crippen LogP contribution is -2.51. The quantitative estimate of drug-likeness (QED) is 0.852. The van der Waals surface area contributed by atoms with E-state index in [4.69, 9.17) is 11.6 Å². The number of hydrogen-bond acceptors (Lipinski definition) is 4. The molecule has 1 aromatic rings. The van der Waals surface area contributed by atoms with Crippen LogP contribution in [-0.2, 0) is 7.05 Å². The molecule has 0 unspecified atom stereocenters. The zero-order valence-corrected chi connectivity index (χ0v) is 12.2. The number of hydrogen-bond donors (Lipinski definition) is 1. The van der Waals surface area contributed by atoms with E-state index in [1.807, 2.05) is 0 Å². The monoisotopic (exact) mass is 342 g/mol. The number of aryl methyl sites for hydroxylation is 1. The smallest absolute Gasteiger partial charge is 0.298 e. The lowest BCUT2D eigenvalue weighted by Gasteiger charge is -2.29. The summed E-state index contributed by atoms with van der Waals surface area (Å²) in [6.07, 6.45) is -7.83. The van der Waals surface area contributed by atoms with E-state index in [0.29, 0.717) is 5.69 Å². The maximum atomic E-state index is 13.1. The van der Waals surface area contributed by atoms with Gasteiger partial charge in [0.1, 0.15) is 5.71 Å². The molecular formula is C11H11ClF4N4O2. The van der Waals surface area contributed by atoms with Crippen LogP contribution in [-0.4, -0.2) is 50.1 Å². The zero-order chi connectivity index (χ0) is 16.8. The highest BCUT2D eigenvalue weighted by molar-refractivity contribution is 6.34. The molecule has 0 bridgehead atoms. The second kappa shape index (κ2) is 5.51. The van der Waals surface area contributed by atoms with Gasteiger partial charge in [0.05, 0.1) is 10.7 Å². The molecule has 1 aromatic heterocycles. The number of nitrogens with zero attached hydrogens (tertiary/aromatic N) is 4. The van der Waals surface area contributed by atoms with Crippen molar-refractivity contribution in [2.24, 2.45) is 12.1 Å². The van der Waals surface area contributed by atoms with E-state index in [1.165, 1.54) is 18.7 Å². The van der Waals surface area contributed by atoms with Crippen molar-refractivity contribution in [3.63, 3.8) is 0 Å². The van der Waals surface area contributed by atoms with Gasteiger partial charge in [-0.05, 0) is 6.92 Å². The Morgan fingerprint density at radius 1 is 1.41 bits per heavy atom. The highest BCUT2D eigenvalue weighted by Crippen LogP contribution is 2.35. The minimum atomic E-state index is -3.50. The standard InChI is InChI=1S/C11H11ClF4N4O2/c1-4-6(12)7(18-19(4)2)9(21)20-11(22,10(15)16)3-5(17-20)8(13)14/h8,10,22H,3H2,1-2H3/t11-/m1/s1. The van der Waals surface area contributed by atoms with Crippen molar-refractivity contribution < 1.29 is 27.5 Å². The van der Waals surface area contributed by atoms with Gasteiger partial charge in [0, 0.05) is 13.5 Å². The second-order valence-corrected chi connectivity index (χ2v) is 5.11. The molecule has 22 heavy (non-hydrogen) atoms. The first-order valence-electron chi connectivity index (χ1n) is 5.99. The Bertz CT molecular complexity index is 648. The normalized spacial score (nSPS) is 21.9. The molecule has 6 nitrogen and oxygen atoms in total. The van der Waals surface area contributed by atoms with Crippen molar-refractivity contribution in [2.75, 3.05) is 0 Å². The molecule has 1 aliphatic rings. The average Bonchev–Trinajstić information content (AvgIpc) is 2.92. The molecule has 0 radical (unpaired) electrons. The fraction of sp³-hybridized carbons (Fsp3) is 0.545. The van der Waals surface area contributed by atoms with E-state index in [0.717, 1.165) is 0 Å². The summed E-state index contributed by atoms with van der Waals surface area (Å²) in [5.41, 5.74) is -4.26. The SMILES string of the molecule is Cc1c(Cl)c(C(=O)N2N=C(C(F)F)C[C@@]2(O)C(F)F)nn1C. The Balaban J connectivity index is 2.47. The first-order chi connectivity index (χ1) is 10.1. The van der Waals surface area contributed by atoms with Gasteiger partial charge in [-0.25, -0.2) is 17.6 Å². The van der Waals surface area contributed by atoms with Gasteiger partial charge in [-0.15, -0.1) is 0 Å². The van der Waals surface area contributed by atoms with E-state index in [1.54, 1.807) is 0 Å². The molecule has 1 atom stereocenters. The molecule has 1 amide bonds. The zero-order valence-electron chi connectivity index (χ0n) is 11.4. The highest BCUT2D eigenvalue weighted by Gasteiger charge is 2.54. The van der Waals surface area contributed by atoms with Crippen molar-refractivity contribution in [1.29, 1.82) is 0 Å². The van der Waals surface area contributed by atoms with Crippen molar-refractivity contribution >= 4 is 23.2 Å². The van der Waals surface area contributed by atoms with E-state index in [2.05, 4.69) is 10.2 Å². The molecular weight excluding hydrogens is 332 g/mol. The number of alkyl halides is 4. The molecule has 0 spiro atoms. The van der Waals surface area contributed by atoms with E-state index < -0.39 is 42.3 Å². The van der Waals surface area contributed by atoms with Gasteiger partial charge in [-0.3, -0.25) is 9.48 Å². The molecule has 0 saturated heterocycles. The molecule has 1 aliphatic heterocycles. The summed E-state index contributed by atoms with van der Waals surface area (Å²) in [4.78, 5) is 12.2. The summed E-state index contributed by atoms with van der Waals surface area (Å²) in [6, 6.07) is 0. The van der Waals surface area contributed by atoms with Crippen LogP contribution in [0.25, 0.3) is 0 Å². The maximum Gasteiger partial charge on any atom is 0.298 e. The van der Waals surface area contributed by atoms with Crippen molar-refractivity contribution in [1.82, 2.24) is 14.8 Å². The molecule has 0 fully saturated rings. The molecule has 0 saturated carbocycles. The van der Waals surface area contributed by atoms with Crippen molar-refractivity contribution in [2.45, 2.75) is 31.9 Å². The second-order valence-electron chi connectivity index (χ2n) is 4.74. The largest absolute Gasteiger partial charge is 0.364 e. The number of aliphatic hydroxyl groups is 1. The molecule has 11 heteroatoms. The van der Waals surface area contributed by atoms with E-state index >= 15 is 0 Å². The van der Waals surface area contributed by atoms with Crippen LogP contribution < -0.4 is 0 Å². The van der Waals surface area contributed by atoms with Gasteiger partial charge in [0.15, 0.2) is 5.69 Å². The molecule has 0 aromatic carbocycles. The fourth-order valence-electron chi connectivity index (χ4n) is 1.92. The van der Waals surface area contributed by atoms with Crippen LogP contribution in [0.3, 0.4) is 0 Å². The summed E-state index contributed by atoms with van der Waals surface area (Å²) in [5.74, 6) is -1.29. The number of halogens is 5. The van der Waals surface area contributed by atoms with Crippen LogP contribution in [0.2, 0.25) is 5.02 Å². The lowest BCUT2D eigenvalue weighted by molar-refractivity contribution is -0.164. The number of rotatable bonds is 3. The van der Waals surface area contributed by atoms with Crippen LogP contribution >= 0.6 is 11.6 Å². The number of carbonyl (C=O) groups is 1. The summed E-state index contributed by atoms with van der Waals surface area (Å²) < 4.78 is 52.6. The third kappa shape index (κ3) is 2.45. The topological polar surface area (TPSA) is 70.7 Å². The fourth-order valence-corrected chi connectivity index (χ4v) is 2.16. The Labute approximate surface area is 126 Å². The van der Waals surface area contributed by atoms with Crippen LogP contribution in [0.5, 0.6) is 0 Å². The number of hydrazone groups is 1. The average molecular weight is 343 g/mol. The van der Waals surface area contributed by atoms with E-state index in [9.17, 15) is 27.5 Å². The Kier molecular flexibility index (Phi) is 4.18. The summed E-state index contributed by atoms with van der Waals surface area (Å²) in [6.45, 7) is 1.52. The van der Waals surface area contributed by atoms with Gasteiger partial charge in [0.2, 0.25) is 5.72 Å². The first-order valence-corrected chi connectivity index (χ1v) is 6.37. The van der Waals surface area contributed by atoms with Gasteiger partial charge >= 0.3 is 0 Å². The third-order valence-corrected chi connectivity index (χ3v) is 3.75. The van der Waals surface area contributed by atoms with Gasteiger partial charge in [-0.2, -0.15) is 15.2 Å². The van der Waals surface area contributed by atoms with Crippen molar-refractivity contribution in [3.8, 4) is 0 Å². The molecule has 122 valence electrons. The first kappa shape index (κ1) is 16.7. The molecule has 1 N–H and O–H groups in total. The minimum absolute atomic E-state index is 0.0766. The predicted molar refractivity (Wildman–Crippen MR) is 68.1 cm³/mol. The Hall–Kier alpha value is -1.68. The number of amides is 1. The van der Waals surface area contributed by atoms with Gasteiger partial charge < -0.3 is 5.11 Å². The Morgan fingerprint density at radius 3 is 2.41 bits per heavy atom. The van der Waals surface area contributed by atoms with Crippen molar-refractivity contribution in [3.05, 3.63) is 16.4 Å². The molecule has 0 aliphatic carbocycles. The van der Waals surface area contributed by atoms with E-state index in [-0.39, 0.29) is 10.0 Å². The summed E-state index contributed by atoms with van der Waals surface area (Å²) in [5, 5.41) is 16.5. The maximum absolute atomic E-state index is 13.1. The molecule has 2 heterocycles. The van der Waals surface area contributed by atoms with Crippen LogP contribution in [0, 0.1) is 6.92 Å². The predicted octanol–water partition coefficient (Wildman–Crippen LogP) is 1.80. The highest BCUT2D eigenvalue weighted by atomic mass is 35.5.